The third-order valence-corrected chi connectivity index (χ3v) is 8.96. The molecular formula is C33H42N4O5. The Morgan fingerprint density at radius 1 is 1.07 bits per heavy atom. The first-order valence-electron chi connectivity index (χ1n) is 15.1. The van der Waals surface area contributed by atoms with Crippen LogP contribution in [0, 0.1) is 12.3 Å². The fourth-order valence-electron chi connectivity index (χ4n) is 6.45. The van der Waals surface area contributed by atoms with Gasteiger partial charge in [0.05, 0.1) is 24.7 Å². The van der Waals surface area contributed by atoms with E-state index >= 15 is 0 Å². The zero-order chi connectivity index (χ0) is 29.6. The highest BCUT2D eigenvalue weighted by Gasteiger charge is 2.41. The Labute approximate surface area is 247 Å². The van der Waals surface area contributed by atoms with Crippen molar-refractivity contribution in [2.75, 3.05) is 39.5 Å². The molecule has 1 atom stereocenters. The maximum atomic E-state index is 13.9. The number of carbonyl (C=O) groups excluding carboxylic acids is 2. The van der Waals surface area contributed by atoms with Crippen LogP contribution in [0.4, 0.5) is 4.79 Å². The summed E-state index contributed by atoms with van der Waals surface area (Å²) in [4.78, 5) is 39.0. The molecule has 5 heterocycles. The van der Waals surface area contributed by atoms with Crippen LogP contribution in [0.1, 0.15) is 68.8 Å². The Bertz CT molecular complexity index is 1500. The van der Waals surface area contributed by atoms with Crippen molar-refractivity contribution in [3.63, 3.8) is 0 Å². The van der Waals surface area contributed by atoms with E-state index in [0.29, 0.717) is 46.1 Å². The normalized spacial score (nSPS) is 20.8. The first-order valence-corrected chi connectivity index (χ1v) is 15.1. The molecule has 3 aromatic rings. The lowest BCUT2D eigenvalue weighted by atomic mass is 9.80. The summed E-state index contributed by atoms with van der Waals surface area (Å²) in [5.74, 6) is 0.188. The highest BCUT2D eigenvalue weighted by atomic mass is 16.6. The molecule has 0 unspecified atom stereocenters. The van der Waals surface area contributed by atoms with Crippen molar-refractivity contribution in [1.29, 1.82) is 0 Å². The van der Waals surface area contributed by atoms with Gasteiger partial charge in [-0.3, -0.25) is 9.69 Å². The van der Waals surface area contributed by atoms with Crippen molar-refractivity contribution < 1.29 is 23.8 Å². The maximum absolute atomic E-state index is 13.9. The lowest BCUT2D eigenvalue weighted by molar-refractivity contribution is -0.147. The summed E-state index contributed by atoms with van der Waals surface area (Å²) < 4.78 is 17.4. The van der Waals surface area contributed by atoms with Crippen molar-refractivity contribution in [2.24, 2.45) is 5.41 Å². The minimum Gasteiger partial charge on any atom is -0.444 e. The molecule has 9 heteroatoms. The zero-order valence-corrected chi connectivity index (χ0v) is 25.4. The predicted molar refractivity (Wildman–Crippen MR) is 160 cm³/mol. The first-order chi connectivity index (χ1) is 20.0. The highest BCUT2D eigenvalue weighted by Crippen LogP contribution is 2.39. The van der Waals surface area contributed by atoms with Crippen LogP contribution in [0.3, 0.4) is 0 Å². The number of ether oxygens (including phenoxy) is 3. The van der Waals surface area contributed by atoms with Gasteiger partial charge in [-0.2, -0.15) is 0 Å². The van der Waals surface area contributed by atoms with Gasteiger partial charge < -0.3 is 24.1 Å². The number of benzene rings is 1. The van der Waals surface area contributed by atoms with Crippen LogP contribution in [-0.4, -0.2) is 76.9 Å². The van der Waals surface area contributed by atoms with Gasteiger partial charge in [0.25, 0.3) is 0 Å². The van der Waals surface area contributed by atoms with Crippen LogP contribution < -0.4 is 0 Å². The number of rotatable bonds is 3. The van der Waals surface area contributed by atoms with Gasteiger partial charge in [0.15, 0.2) is 0 Å². The first kappa shape index (κ1) is 28.7. The van der Waals surface area contributed by atoms with E-state index in [4.69, 9.17) is 14.2 Å². The number of morpholine rings is 1. The van der Waals surface area contributed by atoms with Crippen molar-refractivity contribution >= 4 is 23.0 Å². The fourth-order valence-corrected chi connectivity index (χ4v) is 6.45. The summed E-state index contributed by atoms with van der Waals surface area (Å²) in [6.45, 7) is 13.5. The van der Waals surface area contributed by atoms with E-state index in [1.807, 2.05) is 38.1 Å². The Balaban J connectivity index is 1.42. The van der Waals surface area contributed by atoms with Crippen molar-refractivity contribution in [3.05, 3.63) is 52.8 Å². The van der Waals surface area contributed by atoms with Crippen LogP contribution in [0.2, 0.25) is 0 Å². The van der Waals surface area contributed by atoms with Gasteiger partial charge in [-0.05, 0) is 86.9 Å². The second-order valence-corrected chi connectivity index (χ2v) is 13.2. The van der Waals surface area contributed by atoms with E-state index in [1.165, 1.54) is 5.56 Å². The number of hydrogen-bond acceptors (Lipinski definition) is 6. The number of pyridine rings is 1. The molecule has 2 fully saturated rings. The van der Waals surface area contributed by atoms with E-state index in [-0.39, 0.29) is 18.0 Å². The van der Waals surface area contributed by atoms with Crippen molar-refractivity contribution in [1.82, 2.24) is 19.8 Å². The number of aryl methyl sites for hydroxylation is 1. The van der Waals surface area contributed by atoms with E-state index in [2.05, 4.69) is 42.0 Å². The predicted octanol–water partition coefficient (Wildman–Crippen LogP) is 5.55. The number of aromatic amines is 1. The number of fused-ring (bicyclic) bond motifs is 2. The molecule has 0 spiro atoms. The smallest absolute Gasteiger partial charge is 0.410 e. The summed E-state index contributed by atoms with van der Waals surface area (Å²) in [6, 6.07) is 6.25. The molecule has 0 bridgehead atoms. The van der Waals surface area contributed by atoms with Gasteiger partial charge in [0.2, 0.25) is 5.91 Å². The number of amides is 2. The number of nitrogens with one attached hydrogen (secondary N) is 1. The molecule has 9 nitrogen and oxygen atoms in total. The largest absolute Gasteiger partial charge is 0.444 e. The van der Waals surface area contributed by atoms with E-state index in [0.717, 1.165) is 58.1 Å². The van der Waals surface area contributed by atoms with Crippen LogP contribution >= 0.6 is 0 Å². The molecule has 3 aliphatic heterocycles. The van der Waals surface area contributed by atoms with Crippen LogP contribution in [0.5, 0.6) is 0 Å². The molecule has 1 aromatic carbocycles. The minimum absolute atomic E-state index is 0.188. The van der Waals surface area contributed by atoms with Crippen LogP contribution in [0.15, 0.2) is 30.6 Å². The van der Waals surface area contributed by atoms with E-state index in [1.54, 1.807) is 4.90 Å². The number of carbonyl (C=O) groups is 2. The van der Waals surface area contributed by atoms with Crippen molar-refractivity contribution in [2.45, 2.75) is 72.1 Å². The van der Waals surface area contributed by atoms with Crippen LogP contribution in [-0.2, 0) is 32.0 Å². The second kappa shape index (κ2) is 11.0. The highest BCUT2D eigenvalue weighted by molar-refractivity contribution is 5.85. The Morgan fingerprint density at radius 3 is 2.62 bits per heavy atom. The molecule has 1 N–H and O–H groups in total. The van der Waals surface area contributed by atoms with Gasteiger partial charge in [0.1, 0.15) is 11.2 Å². The molecule has 2 aromatic heterocycles. The third kappa shape index (κ3) is 5.52. The summed E-state index contributed by atoms with van der Waals surface area (Å²) in [5.41, 5.74) is 6.35. The quantitative estimate of drug-likeness (QED) is 0.441. The SMILES string of the molecule is Cc1c[nH]c2ncc(-c3cc4c(c([C@@H]5COCCN5C(=O)OC(C)(C)C)c3)CN(C(=O)C3(C)CCOCC3)CC4)cc12. The molecule has 6 rings (SSSR count). The molecule has 0 saturated carbocycles. The number of H-pyrrole nitrogens is 1. The Morgan fingerprint density at radius 2 is 1.86 bits per heavy atom. The molecule has 224 valence electrons. The number of hydrogen-bond donors (Lipinski definition) is 1. The Hall–Kier alpha value is -3.43. The summed E-state index contributed by atoms with van der Waals surface area (Å²) in [6.07, 6.45) is 5.74. The lowest BCUT2D eigenvalue weighted by Crippen LogP contribution is -2.48. The molecule has 42 heavy (non-hydrogen) atoms. The van der Waals surface area contributed by atoms with Crippen LogP contribution in [0.25, 0.3) is 22.2 Å². The van der Waals surface area contributed by atoms with Gasteiger partial charge in [-0.15, -0.1) is 0 Å². The van der Waals surface area contributed by atoms with Gasteiger partial charge in [0, 0.05) is 56.2 Å². The number of nitrogens with zero attached hydrogens (tertiary/aromatic N) is 3. The topological polar surface area (TPSA) is 97.0 Å². The fraction of sp³-hybridized carbons (Fsp3) is 0.545. The second-order valence-electron chi connectivity index (χ2n) is 13.2. The van der Waals surface area contributed by atoms with Crippen molar-refractivity contribution in [3.8, 4) is 11.1 Å². The van der Waals surface area contributed by atoms with E-state index < -0.39 is 11.0 Å². The summed E-state index contributed by atoms with van der Waals surface area (Å²) in [5, 5.41) is 1.09. The lowest BCUT2D eigenvalue weighted by Gasteiger charge is -2.42. The average Bonchev–Trinajstić information content (AvgIpc) is 3.35. The molecule has 3 aliphatic rings. The average molecular weight is 575 g/mol. The molecule has 2 saturated heterocycles. The number of aromatic nitrogens is 2. The molecule has 0 radical (unpaired) electrons. The molecular weight excluding hydrogens is 532 g/mol. The molecule has 2 amide bonds. The molecule has 0 aliphatic carbocycles. The zero-order valence-electron chi connectivity index (χ0n) is 25.4. The van der Waals surface area contributed by atoms with E-state index in [9.17, 15) is 9.59 Å². The van der Waals surface area contributed by atoms with Gasteiger partial charge in [-0.1, -0.05) is 13.0 Å². The van der Waals surface area contributed by atoms with Gasteiger partial charge in [-0.25, -0.2) is 9.78 Å². The summed E-state index contributed by atoms with van der Waals surface area (Å²) >= 11 is 0. The minimum atomic E-state index is -0.612. The standard InChI is InChI=1S/C33H42N4O5/c1-21-17-34-29-25(21)16-24(18-35-29)23-14-22-6-9-36(30(38)33(5)7-11-40-12-8-33)19-27(22)26(15-23)28-20-41-13-10-37(28)31(39)42-32(2,3)4/h14-18,28H,6-13,19-20H2,1-5H3,(H,34,35)/t28-/m0/s1. The summed E-state index contributed by atoms with van der Waals surface area (Å²) in [7, 11) is 0. The van der Waals surface area contributed by atoms with Gasteiger partial charge >= 0.3 is 6.09 Å². The third-order valence-electron chi connectivity index (χ3n) is 8.96. The maximum Gasteiger partial charge on any atom is 0.410 e. The monoisotopic (exact) mass is 574 g/mol. The Kier molecular flexibility index (Phi) is 7.51.